The summed E-state index contributed by atoms with van der Waals surface area (Å²) in [5.41, 5.74) is 7.04. The zero-order chi connectivity index (χ0) is 22.2. The molecule has 0 aliphatic heterocycles. The van der Waals surface area contributed by atoms with Crippen LogP contribution in [0.1, 0.15) is 16.7 Å². The molecule has 0 aliphatic carbocycles. The molecule has 3 rings (SSSR count). The van der Waals surface area contributed by atoms with Crippen molar-refractivity contribution >= 4 is 24.2 Å². The van der Waals surface area contributed by atoms with Gasteiger partial charge in [-0.1, -0.05) is 110 Å². The van der Waals surface area contributed by atoms with Crippen molar-refractivity contribution in [3.05, 3.63) is 127 Å². The van der Waals surface area contributed by atoms with Gasteiger partial charge in [-0.15, -0.1) is 12.4 Å². The summed E-state index contributed by atoms with van der Waals surface area (Å²) in [6.45, 7) is 9.66. The molecule has 0 heterocycles. The number of hydrogen-bond acceptors (Lipinski definition) is 3. The fourth-order valence-electron chi connectivity index (χ4n) is 2.70. The molecule has 0 aromatic heterocycles. The van der Waals surface area contributed by atoms with E-state index in [1.54, 1.807) is 13.1 Å². The van der Waals surface area contributed by atoms with Crippen LogP contribution in [0.3, 0.4) is 0 Å². The van der Waals surface area contributed by atoms with Crippen LogP contribution >= 0.6 is 12.4 Å². The predicted molar refractivity (Wildman–Crippen MR) is 141 cm³/mol. The lowest BCUT2D eigenvalue weighted by Crippen LogP contribution is -2.02. The van der Waals surface area contributed by atoms with E-state index in [-0.39, 0.29) is 12.4 Å². The van der Waals surface area contributed by atoms with Crippen molar-refractivity contribution in [2.75, 3.05) is 7.05 Å². The SMILES string of the molecule is C=C/C=C\C(=C)c1cccc(C)c1.CN=Cc1cccc(-c2ccccc2)c1.Cl.NN. The van der Waals surface area contributed by atoms with Crippen LogP contribution in [0.4, 0.5) is 0 Å². The predicted octanol–water partition coefficient (Wildman–Crippen LogP) is 6.39. The summed E-state index contributed by atoms with van der Waals surface area (Å²) >= 11 is 0. The molecule has 0 saturated heterocycles. The van der Waals surface area contributed by atoms with Crippen molar-refractivity contribution in [3.8, 4) is 11.1 Å². The Morgan fingerprint density at radius 2 is 1.52 bits per heavy atom. The quantitative estimate of drug-likeness (QED) is 0.212. The van der Waals surface area contributed by atoms with E-state index in [1.807, 2.05) is 30.5 Å². The minimum atomic E-state index is 0. The molecule has 0 bridgehead atoms. The van der Waals surface area contributed by atoms with Crippen LogP contribution in [0.15, 0.2) is 115 Å². The van der Waals surface area contributed by atoms with E-state index >= 15 is 0 Å². The van der Waals surface area contributed by atoms with Gasteiger partial charge in [-0.05, 0) is 40.8 Å². The summed E-state index contributed by atoms with van der Waals surface area (Å²) in [5.74, 6) is 8.00. The molecule has 3 aromatic carbocycles. The van der Waals surface area contributed by atoms with Gasteiger partial charge in [0.15, 0.2) is 0 Å². The third-order valence-corrected chi connectivity index (χ3v) is 4.09. The molecule has 0 atom stereocenters. The fourth-order valence-corrected chi connectivity index (χ4v) is 2.70. The van der Waals surface area contributed by atoms with E-state index in [2.05, 4.69) is 103 Å². The Morgan fingerprint density at radius 3 is 2.13 bits per heavy atom. The number of aliphatic imine (C=N–C) groups is 1. The lowest BCUT2D eigenvalue weighted by atomic mass is 10.0. The van der Waals surface area contributed by atoms with Gasteiger partial charge >= 0.3 is 0 Å². The number of rotatable bonds is 5. The number of hydrogen-bond donors (Lipinski definition) is 2. The highest BCUT2D eigenvalue weighted by molar-refractivity contribution is 5.85. The number of nitrogens with zero attached hydrogens (tertiary/aromatic N) is 1. The standard InChI is InChI=1S/C14H13N.C13H14.ClH.H4N2/c1-15-11-12-6-5-9-14(10-12)13-7-3-2-4-8-13;1-4-5-8-12(3)13-9-6-7-11(2)10-13;;1-2/h2-11H,1H3;4-10H,1,3H2,2H3;1H;1-2H2/b;8-5-;;. The molecular weight excluding hydrogens is 402 g/mol. The van der Waals surface area contributed by atoms with Crippen molar-refractivity contribution in [2.45, 2.75) is 6.92 Å². The summed E-state index contributed by atoms with van der Waals surface area (Å²) in [6.07, 6.45) is 7.47. The third-order valence-electron chi connectivity index (χ3n) is 4.09. The van der Waals surface area contributed by atoms with E-state index in [4.69, 9.17) is 0 Å². The summed E-state index contributed by atoms with van der Waals surface area (Å²) < 4.78 is 0. The average Bonchev–Trinajstić information content (AvgIpc) is 2.80. The van der Waals surface area contributed by atoms with Gasteiger partial charge in [0, 0.05) is 13.3 Å². The molecular formula is C27H32ClN3. The Hall–Kier alpha value is -3.24. The number of hydrazine groups is 1. The van der Waals surface area contributed by atoms with Crippen LogP contribution in [0.25, 0.3) is 16.7 Å². The Bertz CT molecular complexity index is 977. The molecule has 0 spiro atoms. The van der Waals surface area contributed by atoms with Gasteiger partial charge in [-0.25, -0.2) is 0 Å². The van der Waals surface area contributed by atoms with Crippen molar-refractivity contribution in [2.24, 2.45) is 16.7 Å². The van der Waals surface area contributed by atoms with Gasteiger partial charge in [-0.3, -0.25) is 16.7 Å². The third kappa shape index (κ3) is 10.4. The first-order chi connectivity index (χ1) is 14.6. The molecule has 0 saturated carbocycles. The van der Waals surface area contributed by atoms with Gasteiger partial charge in [0.2, 0.25) is 0 Å². The van der Waals surface area contributed by atoms with E-state index in [9.17, 15) is 0 Å². The first-order valence-electron chi connectivity index (χ1n) is 9.60. The van der Waals surface area contributed by atoms with E-state index in [0.717, 1.165) is 16.7 Å². The number of nitrogens with two attached hydrogens (primary N) is 2. The second-order valence-corrected chi connectivity index (χ2v) is 6.37. The fraction of sp³-hybridized carbons (Fsp3) is 0.0741. The normalized spacial score (nSPS) is 9.68. The number of allylic oxidation sites excluding steroid dienone is 4. The Morgan fingerprint density at radius 1 is 0.871 bits per heavy atom. The topological polar surface area (TPSA) is 64.4 Å². The minimum absolute atomic E-state index is 0. The van der Waals surface area contributed by atoms with Crippen molar-refractivity contribution in [3.63, 3.8) is 0 Å². The largest absolute Gasteiger partial charge is 0.296 e. The molecule has 0 unspecified atom stereocenters. The smallest absolute Gasteiger partial charge is 0.0281 e. The van der Waals surface area contributed by atoms with Crippen LogP contribution in [0.5, 0.6) is 0 Å². The Kier molecular flexibility index (Phi) is 14.8. The zero-order valence-corrected chi connectivity index (χ0v) is 19.1. The van der Waals surface area contributed by atoms with Gasteiger partial charge in [0.05, 0.1) is 0 Å². The molecule has 0 radical (unpaired) electrons. The van der Waals surface area contributed by atoms with E-state index in [0.29, 0.717) is 0 Å². The maximum absolute atomic E-state index is 4.02. The lowest BCUT2D eigenvalue weighted by molar-refractivity contribution is 1.26. The van der Waals surface area contributed by atoms with E-state index in [1.165, 1.54) is 16.7 Å². The van der Waals surface area contributed by atoms with Crippen molar-refractivity contribution < 1.29 is 0 Å². The summed E-state index contributed by atoms with van der Waals surface area (Å²) in [7, 11) is 1.79. The van der Waals surface area contributed by atoms with Crippen LogP contribution < -0.4 is 11.7 Å². The molecule has 4 heteroatoms. The van der Waals surface area contributed by atoms with Gasteiger partial charge in [-0.2, -0.15) is 0 Å². The summed E-state index contributed by atoms with van der Waals surface area (Å²) in [6, 6.07) is 27.0. The maximum atomic E-state index is 4.02. The highest BCUT2D eigenvalue weighted by Gasteiger charge is 1.96. The first-order valence-corrected chi connectivity index (χ1v) is 9.60. The van der Waals surface area contributed by atoms with Gasteiger partial charge in [0.1, 0.15) is 0 Å². The second-order valence-electron chi connectivity index (χ2n) is 6.37. The van der Waals surface area contributed by atoms with E-state index < -0.39 is 0 Å². The summed E-state index contributed by atoms with van der Waals surface area (Å²) in [5, 5.41) is 0. The molecule has 3 aromatic rings. The molecule has 0 aliphatic rings. The molecule has 162 valence electrons. The number of halogens is 1. The van der Waals surface area contributed by atoms with Crippen LogP contribution in [0.2, 0.25) is 0 Å². The Labute approximate surface area is 192 Å². The molecule has 0 fully saturated rings. The average molecular weight is 434 g/mol. The van der Waals surface area contributed by atoms with Crippen molar-refractivity contribution in [1.82, 2.24) is 0 Å². The molecule has 3 nitrogen and oxygen atoms in total. The number of aryl methyl sites for hydroxylation is 1. The lowest BCUT2D eigenvalue weighted by Gasteiger charge is -2.01. The highest BCUT2D eigenvalue weighted by Crippen LogP contribution is 2.19. The van der Waals surface area contributed by atoms with Crippen LogP contribution in [-0.2, 0) is 0 Å². The van der Waals surface area contributed by atoms with Crippen molar-refractivity contribution in [1.29, 1.82) is 0 Å². The maximum Gasteiger partial charge on any atom is 0.0281 e. The Balaban J connectivity index is 0.000000527. The van der Waals surface area contributed by atoms with Gasteiger partial charge in [0.25, 0.3) is 0 Å². The minimum Gasteiger partial charge on any atom is -0.296 e. The van der Waals surface area contributed by atoms with Gasteiger partial charge < -0.3 is 0 Å². The van der Waals surface area contributed by atoms with Crippen LogP contribution in [0, 0.1) is 6.92 Å². The highest BCUT2D eigenvalue weighted by atomic mass is 35.5. The zero-order valence-electron chi connectivity index (χ0n) is 18.2. The molecule has 0 amide bonds. The van der Waals surface area contributed by atoms with Crippen LogP contribution in [-0.4, -0.2) is 13.3 Å². The monoisotopic (exact) mass is 433 g/mol. The first kappa shape index (κ1) is 27.8. The molecule has 31 heavy (non-hydrogen) atoms. The second kappa shape index (κ2) is 16.5. The number of benzene rings is 3. The summed E-state index contributed by atoms with van der Waals surface area (Å²) in [4.78, 5) is 4.02. The molecule has 4 N–H and O–H groups in total.